The van der Waals surface area contributed by atoms with Gasteiger partial charge in [-0.15, -0.1) is 0 Å². The molecule has 0 heterocycles. The second-order valence-corrected chi connectivity index (χ2v) is 5.18. The zero-order valence-electron chi connectivity index (χ0n) is 12.4. The standard InChI is InChI=1S/C15H23ClN2O2/c1-4-5-6-7-17-15(19)18-10-20-13-8-11(2)14(16)12(3)9-13/h8-9H,4-7,10H2,1-3H3,(H2,17,18,19). The lowest BCUT2D eigenvalue weighted by atomic mass is 10.1. The number of carbonyl (C=O) groups is 1. The number of benzene rings is 1. The fourth-order valence-corrected chi connectivity index (χ4v) is 1.92. The summed E-state index contributed by atoms with van der Waals surface area (Å²) in [5.74, 6) is 0.704. The van der Waals surface area contributed by atoms with E-state index in [1.54, 1.807) is 0 Å². The van der Waals surface area contributed by atoms with E-state index in [0.717, 1.165) is 35.4 Å². The average Bonchev–Trinajstić information content (AvgIpc) is 2.41. The molecule has 4 nitrogen and oxygen atoms in total. The fraction of sp³-hybridized carbons (Fsp3) is 0.533. The summed E-state index contributed by atoms with van der Waals surface area (Å²) in [6.07, 6.45) is 3.27. The first-order valence-electron chi connectivity index (χ1n) is 6.95. The van der Waals surface area contributed by atoms with Gasteiger partial charge in [-0.25, -0.2) is 4.79 Å². The topological polar surface area (TPSA) is 50.4 Å². The van der Waals surface area contributed by atoms with E-state index in [2.05, 4.69) is 17.6 Å². The Balaban J connectivity index is 2.28. The summed E-state index contributed by atoms with van der Waals surface area (Å²) in [6.45, 7) is 6.81. The highest BCUT2D eigenvalue weighted by Crippen LogP contribution is 2.25. The van der Waals surface area contributed by atoms with E-state index < -0.39 is 0 Å². The van der Waals surface area contributed by atoms with Crippen molar-refractivity contribution in [1.29, 1.82) is 0 Å². The van der Waals surface area contributed by atoms with Crippen LogP contribution in [0.15, 0.2) is 12.1 Å². The summed E-state index contributed by atoms with van der Waals surface area (Å²) in [4.78, 5) is 11.5. The van der Waals surface area contributed by atoms with Crippen LogP contribution in [0.4, 0.5) is 4.79 Å². The summed E-state index contributed by atoms with van der Waals surface area (Å²) >= 11 is 6.08. The van der Waals surface area contributed by atoms with Crippen LogP contribution in [0.2, 0.25) is 5.02 Å². The molecule has 112 valence electrons. The van der Waals surface area contributed by atoms with Crippen molar-refractivity contribution >= 4 is 17.6 Å². The maximum absolute atomic E-state index is 11.5. The maximum Gasteiger partial charge on any atom is 0.317 e. The second-order valence-electron chi connectivity index (χ2n) is 4.80. The third-order valence-electron chi connectivity index (χ3n) is 2.95. The van der Waals surface area contributed by atoms with Crippen molar-refractivity contribution in [1.82, 2.24) is 10.6 Å². The van der Waals surface area contributed by atoms with Gasteiger partial charge < -0.3 is 15.4 Å². The van der Waals surface area contributed by atoms with Crippen LogP contribution >= 0.6 is 11.6 Å². The lowest BCUT2D eigenvalue weighted by Gasteiger charge is -2.11. The molecule has 0 fully saturated rings. The Morgan fingerprint density at radius 3 is 2.45 bits per heavy atom. The molecule has 1 aromatic rings. The van der Waals surface area contributed by atoms with Crippen molar-refractivity contribution in [3.63, 3.8) is 0 Å². The molecular weight excluding hydrogens is 276 g/mol. The van der Waals surface area contributed by atoms with E-state index in [9.17, 15) is 4.79 Å². The van der Waals surface area contributed by atoms with Gasteiger partial charge in [0.2, 0.25) is 0 Å². The summed E-state index contributed by atoms with van der Waals surface area (Å²) < 4.78 is 5.49. The number of aryl methyl sites for hydroxylation is 2. The molecule has 0 atom stereocenters. The van der Waals surface area contributed by atoms with Crippen molar-refractivity contribution in [2.24, 2.45) is 0 Å². The highest BCUT2D eigenvalue weighted by Gasteiger charge is 2.04. The minimum absolute atomic E-state index is 0.139. The predicted molar refractivity (Wildman–Crippen MR) is 82.5 cm³/mol. The molecule has 0 radical (unpaired) electrons. The second kappa shape index (κ2) is 8.69. The number of hydrogen-bond donors (Lipinski definition) is 2. The van der Waals surface area contributed by atoms with Crippen LogP contribution in [-0.4, -0.2) is 19.3 Å². The van der Waals surface area contributed by atoms with Crippen molar-refractivity contribution in [2.45, 2.75) is 40.0 Å². The van der Waals surface area contributed by atoms with Crippen LogP contribution in [0.25, 0.3) is 0 Å². The first-order valence-corrected chi connectivity index (χ1v) is 7.33. The Kier molecular flexibility index (Phi) is 7.23. The molecule has 0 aliphatic rings. The number of hydrogen-bond acceptors (Lipinski definition) is 2. The van der Waals surface area contributed by atoms with Gasteiger partial charge in [0.15, 0.2) is 6.73 Å². The molecular formula is C15H23ClN2O2. The van der Waals surface area contributed by atoms with Crippen LogP contribution in [0, 0.1) is 13.8 Å². The summed E-state index contributed by atoms with van der Waals surface area (Å²) in [7, 11) is 0. The first kappa shape index (κ1) is 16.6. The Bertz CT molecular complexity index is 426. The number of amides is 2. The highest BCUT2D eigenvalue weighted by molar-refractivity contribution is 6.32. The van der Waals surface area contributed by atoms with E-state index in [1.165, 1.54) is 0 Å². The Labute approximate surface area is 125 Å². The van der Waals surface area contributed by atoms with Crippen LogP contribution in [0.5, 0.6) is 5.75 Å². The molecule has 0 aromatic heterocycles. The van der Waals surface area contributed by atoms with Gasteiger partial charge in [0, 0.05) is 11.6 Å². The maximum atomic E-state index is 11.5. The van der Waals surface area contributed by atoms with Gasteiger partial charge in [0.25, 0.3) is 0 Å². The van der Waals surface area contributed by atoms with Gasteiger partial charge in [0.05, 0.1) is 0 Å². The van der Waals surface area contributed by atoms with Gasteiger partial charge >= 0.3 is 6.03 Å². The molecule has 0 aliphatic heterocycles. The smallest absolute Gasteiger partial charge is 0.317 e. The van der Waals surface area contributed by atoms with Crippen LogP contribution in [0.3, 0.4) is 0 Å². The minimum Gasteiger partial charge on any atom is -0.473 e. The molecule has 5 heteroatoms. The third kappa shape index (κ3) is 5.70. The SMILES string of the molecule is CCCCCNC(=O)NCOc1cc(C)c(Cl)c(C)c1. The van der Waals surface area contributed by atoms with Crippen molar-refractivity contribution in [3.8, 4) is 5.75 Å². The zero-order valence-corrected chi connectivity index (χ0v) is 13.1. The highest BCUT2D eigenvalue weighted by atomic mass is 35.5. The Hall–Kier alpha value is -1.42. The number of urea groups is 1. The lowest BCUT2D eigenvalue weighted by molar-refractivity contribution is 0.224. The van der Waals surface area contributed by atoms with Crippen LogP contribution < -0.4 is 15.4 Å². The quantitative estimate of drug-likeness (QED) is 0.594. The molecule has 2 amide bonds. The van der Waals surface area contributed by atoms with Crippen molar-refractivity contribution < 1.29 is 9.53 Å². The summed E-state index contributed by atoms with van der Waals surface area (Å²) in [5, 5.41) is 6.19. The number of ether oxygens (including phenoxy) is 1. The first-order chi connectivity index (χ1) is 9.54. The van der Waals surface area contributed by atoms with E-state index in [-0.39, 0.29) is 12.8 Å². The van der Waals surface area contributed by atoms with E-state index in [1.807, 2.05) is 26.0 Å². The third-order valence-corrected chi connectivity index (χ3v) is 3.54. The molecule has 0 saturated heterocycles. The predicted octanol–water partition coefficient (Wildman–Crippen LogP) is 3.78. The molecule has 0 unspecified atom stereocenters. The van der Waals surface area contributed by atoms with Gasteiger partial charge in [0.1, 0.15) is 5.75 Å². The number of nitrogens with one attached hydrogen (secondary N) is 2. The molecule has 0 saturated carbocycles. The molecule has 2 N–H and O–H groups in total. The summed E-state index contributed by atoms with van der Waals surface area (Å²) in [6, 6.07) is 3.51. The van der Waals surface area contributed by atoms with Crippen molar-refractivity contribution in [3.05, 3.63) is 28.3 Å². The molecule has 0 spiro atoms. The summed E-state index contributed by atoms with van der Waals surface area (Å²) in [5.41, 5.74) is 1.93. The average molecular weight is 299 g/mol. The van der Waals surface area contributed by atoms with Gasteiger partial charge in [-0.1, -0.05) is 31.4 Å². The van der Waals surface area contributed by atoms with Gasteiger partial charge in [-0.3, -0.25) is 0 Å². The minimum atomic E-state index is -0.205. The normalized spacial score (nSPS) is 10.2. The zero-order chi connectivity index (χ0) is 15.0. The number of rotatable bonds is 7. The molecule has 20 heavy (non-hydrogen) atoms. The largest absolute Gasteiger partial charge is 0.473 e. The van der Waals surface area contributed by atoms with Crippen LogP contribution in [-0.2, 0) is 0 Å². The molecule has 1 rings (SSSR count). The molecule has 0 bridgehead atoms. The van der Waals surface area contributed by atoms with Gasteiger partial charge in [-0.2, -0.15) is 0 Å². The number of carbonyl (C=O) groups excluding carboxylic acids is 1. The fourth-order valence-electron chi connectivity index (χ4n) is 1.81. The van der Waals surface area contributed by atoms with Crippen LogP contribution in [0.1, 0.15) is 37.3 Å². The monoisotopic (exact) mass is 298 g/mol. The van der Waals surface area contributed by atoms with E-state index in [0.29, 0.717) is 12.3 Å². The lowest BCUT2D eigenvalue weighted by Crippen LogP contribution is -2.38. The Morgan fingerprint density at radius 1 is 1.20 bits per heavy atom. The van der Waals surface area contributed by atoms with E-state index in [4.69, 9.17) is 16.3 Å². The number of unbranched alkanes of at least 4 members (excludes halogenated alkanes) is 2. The molecule has 0 aliphatic carbocycles. The van der Waals surface area contributed by atoms with E-state index >= 15 is 0 Å². The molecule has 1 aromatic carbocycles. The van der Waals surface area contributed by atoms with Gasteiger partial charge in [-0.05, 0) is 43.5 Å². The van der Waals surface area contributed by atoms with Crippen molar-refractivity contribution in [2.75, 3.05) is 13.3 Å². The number of halogens is 1. The Morgan fingerprint density at radius 2 is 1.85 bits per heavy atom.